The van der Waals surface area contributed by atoms with Crippen LogP contribution in [0.1, 0.15) is 6.92 Å². The molecular weight excluding hydrogens is 278 g/mol. The number of aryl methyl sites for hydroxylation is 1. The van der Waals surface area contributed by atoms with Gasteiger partial charge in [-0.15, -0.1) is 0 Å². The summed E-state index contributed by atoms with van der Waals surface area (Å²) < 4.78 is 2.78. The Morgan fingerprint density at radius 1 is 1.47 bits per heavy atom. The number of hydrogen-bond donors (Lipinski definition) is 1. The molecule has 3 nitrogen and oxygen atoms in total. The van der Waals surface area contributed by atoms with Gasteiger partial charge in [-0.1, -0.05) is 18.7 Å². The summed E-state index contributed by atoms with van der Waals surface area (Å²) >= 11 is 3.51. The number of hydrogen-bond acceptors (Lipinski definition) is 2. The van der Waals surface area contributed by atoms with Crippen LogP contribution in [-0.4, -0.2) is 9.78 Å². The van der Waals surface area contributed by atoms with Crippen LogP contribution in [-0.2, 0) is 7.05 Å². The van der Waals surface area contributed by atoms with Gasteiger partial charge >= 0.3 is 0 Å². The van der Waals surface area contributed by atoms with E-state index in [9.17, 15) is 0 Å². The third-order valence-corrected chi connectivity index (χ3v) is 2.86. The predicted molar refractivity (Wildman–Crippen MR) is 74.8 cm³/mol. The Labute approximate surface area is 109 Å². The van der Waals surface area contributed by atoms with Gasteiger partial charge < -0.3 is 5.32 Å². The molecule has 0 fully saturated rings. The summed E-state index contributed by atoms with van der Waals surface area (Å²) in [7, 11) is 1.91. The van der Waals surface area contributed by atoms with Gasteiger partial charge in [-0.2, -0.15) is 5.10 Å². The summed E-state index contributed by atoms with van der Waals surface area (Å²) in [6, 6.07) is 8.11. The second-order valence-electron chi connectivity index (χ2n) is 3.99. The molecule has 0 saturated heterocycles. The minimum Gasteiger partial charge on any atom is -0.360 e. The van der Waals surface area contributed by atoms with Crippen LogP contribution >= 0.6 is 15.9 Å². The number of rotatable bonds is 3. The molecule has 0 atom stereocenters. The highest BCUT2D eigenvalue weighted by Gasteiger charge is 2.07. The standard InChI is InChI=1S/C13H14BrN3/c1-9(2)15-11-6-4-5-10(7-11)13-12(14)8-17(3)16-13/h4-8,15H,1H2,2-3H3. The van der Waals surface area contributed by atoms with Crippen molar-refractivity contribution in [3.05, 3.63) is 47.2 Å². The third-order valence-electron chi connectivity index (χ3n) is 2.28. The number of nitrogens with zero attached hydrogens (tertiary/aromatic N) is 2. The molecule has 1 N–H and O–H groups in total. The first-order valence-electron chi connectivity index (χ1n) is 5.28. The van der Waals surface area contributed by atoms with Gasteiger partial charge in [0.25, 0.3) is 0 Å². The zero-order valence-corrected chi connectivity index (χ0v) is 11.5. The van der Waals surface area contributed by atoms with Crippen molar-refractivity contribution in [2.45, 2.75) is 6.92 Å². The number of allylic oxidation sites excluding steroid dienone is 1. The lowest BCUT2D eigenvalue weighted by Crippen LogP contribution is -1.94. The Balaban J connectivity index is 2.39. The molecule has 0 radical (unpaired) electrons. The van der Waals surface area contributed by atoms with E-state index in [2.05, 4.69) is 39.0 Å². The molecule has 0 unspecified atom stereocenters. The Kier molecular flexibility index (Phi) is 3.33. The molecule has 17 heavy (non-hydrogen) atoms. The number of aromatic nitrogens is 2. The SMILES string of the molecule is C=C(C)Nc1cccc(-c2nn(C)cc2Br)c1. The number of benzene rings is 1. The first-order chi connectivity index (χ1) is 8.06. The number of anilines is 1. The first kappa shape index (κ1) is 11.9. The molecule has 0 saturated carbocycles. The molecule has 88 valence electrons. The Morgan fingerprint density at radius 3 is 2.82 bits per heavy atom. The average Bonchev–Trinajstić information content (AvgIpc) is 2.57. The van der Waals surface area contributed by atoms with E-state index in [0.29, 0.717) is 0 Å². The highest BCUT2D eigenvalue weighted by atomic mass is 79.9. The molecule has 2 rings (SSSR count). The second-order valence-corrected chi connectivity index (χ2v) is 4.84. The molecule has 1 aromatic carbocycles. The lowest BCUT2D eigenvalue weighted by Gasteiger charge is -2.06. The molecule has 0 aliphatic rings. The van der Waals surface area contributed by atoms with E-state index in [1.165, 1.54) is 0 Å². The molecular formula is C13H14BrN3. The topological polar surface area (TPSA) is 29.9 Å². The maximum atomic E-state index is 4.42. The van der Waals surface area contributed by atoms with Crippen molar-refractivity contribution >= 4 is 21.6 Å². The van der Waals surface area contributed by atoms with Crippen molar-refractivity contribution in [3.8, 4) is 11.3 Å². The van der Waals surface area contributed by atoms with Gasteiger partial charge in [0, 0.05) is 30.2 Å². The molecule has 0 amide bonds. The zero-order valence-electron chi connectivity index (χ0n) is 9.87. The van der Waals surface area contributed by atoms with Crippen molar-refractivity contribution in [1.82, 2.24) is 9.78 Å². The van der Waals surface area contributed by atoms with Crippen LogP contribution in [0.15, 0.2) is 47.2 Å². The van der Waals surface area contributed by atoms with E-state index in [4.69, 9.17) is 0 Å². The van der Waals surface area contributed by atoms with Crippen LogP contribution < -0.4 is 5.32 Å². The van der Waals surface area contributed by atoms with Gasteiger partial charge in [-0.3, -0.25) is 4.68 Å². The monoisotopic (exact) mass is 291 g/mol. The van der Waals surface area contributed by atoms with Crippen LogP contribution in [0, 0.1) is 0 Å². The van der Waals surface area contributed by atoms with Crippen LogP contribution in [0.25, 0.3) is 11.3 Å². The molecule has 1 aromatic heterocycles. The average molecular weight is 292 g/mol. The van der Waals surface area contributed by atoms with E-state index in [1.807, 2.05) is 38.4 Å². The van der Waals surface area contributed by atoms with Crippen molar-refractivity contribution in [2.24, 2.45) is 7.05 Å². The Hall–Kier alpha value is -1.55. The second kappa shape index (κ2) is 4.75. The summed E-state index contributed by atoms with van der Waals surface area (Å²) in [6.45, 7) is 5.77. The molecule has 4 heteroatoms. The van der Waals surface area contributed by atoms with Crippen molar-refractivity contribution in [3.63, 3.8) is 0 Å². The fraction of sp³-hybridized carbons (Fsp3) is 0.154. The first-order valence-corrected chi connectivity index (χ1v) is 6.07. The lowest BCUT2D eigenvalue weighted by molar-refractivity contribution is 0.770. The van der Waals surface area contributed by atoms with E-state index in [-0.39, 0.29) is 0 Å². The molecule has 0 bridgehead atoms. The number of halogens is 1. The van der Waals surface area contributed by atoms with E-state index in [0.717, 1.165) is 27.1 Å². The summed E-state index contributed by atoms with van der Waals surface area (Å²) in [4.78, 5) is 0. The van der Waals surface area contributed by atoms with Gasteiger partial charge in [0.05, 0.1) is 4.47 Å². The van der Waals surface area contributed by atoms with Crippen LogP contribution in [0.4, 0.5) is 5.69 Å². The van der Waals surface area contributed by atoms with Gasteiger partial charge in [-0.25, -0.2) is 0 Å². The summed E-state index contributed by atoms with van der Waals surface area (Å²) in [5.74, 6) is 0. The van der Waals surface area contributed by atoms with E-state index >= 15 is 0 Å². The van der Waals surface area contributed by atoms with Gasteiger partial charge in [-0.05, 0) is 35.0 Å². The van der Waals surface area contributed by atoms with Crippen molar-refractivity contribution in [1.29, 1.82) is 0 Å². The minimum atomic E-state index is 0.919. The molecule has 2 aromatic rings. The maximum Gasteiger partial charge on any atom is 0.107 e. The minimum absolute atomic E-state index is 0.919. The fourth-order valence-electron chi connectivity index (χ4n) is 1.65. The third kappa shape index (κ3) is 2.77. The summed E-state index contributed by atoms with van der Waals surface area (Å²) in [5, 5.41) is 7.62. The zero-order chi connectivity index (χ0) is 12.4. The molecule has 0 spiro atoms. The van der Waals surface area contributed by atoms with Crippen LogP contribution in [0.2, 0.25) is 0 Å². The Bertz CT molecular complexity index is 558. The quantitative estimate of drug-likeness (QED) is 0.932. The predicted octanol–water partition coefficient (Wildman–Crippen LogP) is 3.80. The normalized spacial score (nSPS) is 10.3. The highest BCUT2D eigenvalue weighted by molar-refractivity contribution is 9.10. The van der Waals surface area contributed by atoms with Crippen molar-refractivity contribution < 1.29 is 0 Å². The maximum absolute atomic E-state index is 4.42. The van der Waals surface area contributed by atoms with Gasteiger partial charge in [0.2, 0.25) is 0 Å². The van der Waals surface area contributed by atoms with Crippen LogP contribution in [0.5, 0.6) is 0 Å². The lowest BCUT2D eigenvalue weighted by atomic mass is 10.1. The molecule has 1 heterocycles. The van der Waals surface area contributed by atoms with Gasteiger partial charge in [0.1, 0.15) is 5.69 Å². The van der Waals surface area contributed by atoms with Crippen LogP contribution in [0.3, 0.4) is 0 Å². The van der Waals surface area contributed by atoms with Crippen molar-refractivity contribution in [2.75, 3.05) is 5.32 Å². The fourth-order valence-corrected chi connectivity index (χ4v) is 2.25. The largest absolute Gasteiger partial charge is 0.360 e. The number of nitrogens with one attached hydrogen (secondary N) is 1. The van der Waals surface area contributed by atoms with E-state index < -0.39 is 0 Å². The Morgan fingerprint density at radius 2 is 2.24 bits per heavy atom. The molecule has 0 aliphatic heterocycles. The summed E-state index contributed by atoms with van der Waals surface area (Å²) in [5.41, 5.74) is 3.95. The van der Waals surface area contributed by atoms with Gasteiger partial charge in [0.15, 0.2) is 0 Å². The highest BCUT2D eigenvalue weighted by Crippen LogP contribution is 2.28. The molecule has 0 aliphatic carbocycles. The van der Waals surface area contributed by atoms with E-state index in [1.54, 1.807) is 4.68 Å². The smallest absolute Gasteiger partial charge is 0.107 e. The summed E-state index contributed by atoms with van der Waals surface area (Å²) in [6.07, 6.45) is 1.94.